The summed E-state index contributed by atoms with van der Waals surface area (Å²) >= 11 is 2.93. The van der Waals surface area contributed by atoms with E-state index < -0.39 is 5.63 Å². The molecule has 0 radical (unpaired) electrons. The van der Waals surface area contributed by atoms with Gasteiger partial charge in [-0.1, -0.05) is 24.3 Å². The number of hydrogen-bond donors (Lipinski definition) is 0. The summed E-state index contributed by atoms with van der Waals surface area (Å²) in [5.41, 5.74) is -0.131. The van der Waals surface area contributed by atoms with Crippen LogP contribution in [-0.4, -0.2) is 53.0 Å². The number of rotatable bonds is 2. The summed E-state index contributed by atoms with van der Waals surface area (Å²) in [4.78, 5) is 46.9. The Hall–Kier alpha value is -3.17. The Bertz CT molecular complexity index is 1290. The first-order chi connectivity index (χ1) is 15.1. The average Bonchev–Trinajstić information content (AvgIpc) is 3.43. The molecular formula is C22H17N3O4S2. The molecule has 0 bridgehead atoms. The highest BCUT2D eigenvalue weighted by Crippen LogP contribution is 2.31. The van der Waals surface area contributed by atoms with Crippen molar-refractivity contribution in [3.8, 4) is 0 Å². The van der Waals surface area contributed by atoms with Crippen LogP contribution < -0.4 is 5.63 Å². The number of amidine groups is 1. The Labute approximate surface area is 185 Å². The topological polar surface area (TPSA) is 83.2 Å². The summed E-state index contributed by atoms with van der Waals surface area (Å²) < 4.78 is 5.29. The molecule has 0 N–H and O–H groups in total. The Kier molecular flexibility index (Phi) is 5.21. The number of amides is 2. The summed E-state index contributed by atoms with van der Waals surface area (Å²) in [5.74, 6) is -0.574. The number of fused-ring (bicyclic) bond motifs is 1. The van der Waals surface area contributed by atoms with Crippen molar-refractivity contribution in [2.45, 2.75) is 0 Å². The zero-order valence-electron chi connectivity index (χ0n) is 16.3. The molecule has 156 valence electrons. The smallest absolute Gasteiger partial charge is 0.349 e. The molecule has 1 fully saturated rings. The highest BCUT2D eigenvalue weighted by Gasteiger charge is 2.30. The number of hydrogen-bond acceptors (Lipinski definition) is 7. The maximum absolute atomic E-state index is 12.9. The van der Waals surface area contributed by atoms with Gasteiger partial charge in [-0.3, -0.25) is 9.59 Å². The molecule has 2 amide bonds. The van der Waals surface area contributed by atoms with Gasteiger partial charge in [0.2, 0.25) is 0 Å². The number of thiophene rings is 1. The van der Waals surface area contributed by atoms with Gasteiger partial charge in [0.1, 0.15) is 11.1 Å². The molecule has 1 saturated heterocycles. The van der Waals surface area contributed by atoms with Gasteiger partial charge < -0.3 is 14.2 Å². The Morgan fingerprint density at radius 2 is 1.87 bits per heavy atom. The van der Waals surface area contributed by atoms with Crippen LogP contribution in [0.1, 0.15) is 15.2 Å². The van der Waals surface area contributed by atoms with Crippen LogP contribution >= 0.6 is 23.1 Å². The Balaban J connectivity index is 1.26. The van der Waals surface area contributed by atoms with Crippen LogP contribution in [0.5, 0.6) is 0 Å². The molecule has 0 aliphatic carbocycles. The zero-order chi connectivity index (χ0) is 21.4. The molecule has 9 heteroatoms. The molecule has 3 aromatic rings. The number of carbonyl (C=O) groups excluding carboxylic acids is 2. The maximum atomic E-state index is 12.9. The van der Waals surface area contributed by atoms with Crippen molar-refractivity contribution in [3.63, 3.8) is 0 Å². The van der Waals surface area contributed by atoms with Gasteiger partial charge in [0, 0.05) is 36.4 Å². The first kappa shape index (κ1) is 19.8. The van der Waals surface area contributed by atoms with Gasteiger partial charge in [0.15, 0.2) is 5.17 Å². The van der Waals surface area contributed by atoms with E-state index in [2.05, 4.69) is 4.99 Å². The zero-order valence-corrected chi connectivity index (χ0v) is 17.9. The highest BCUT2D eigenvalue weighted by molar-refractivity contribution is 8.18. The lowest BCUT2D eigenvalue weighted by atomic mass is 10.1. The summed E-state index contributed by atoms with van der Waals surface area (Å²) in [6.45, 7) is 1.94. The van der Waals surface area contributed by atoms with Gasteiger partial charge in [-0.05, 0) is 41.4 Å². The van der Waals surface area contributed by atoms with Crippen LogP contribution in [0.4, 0.5) is 0 Å². The lowest BCUT2D eigenvalue weighted by molar-refractivity contribution is -0.113. The van der Waals surface area contributed by atoms with Crippen LogP contribution in [0.2, 0.25) is 0 Å². The number of nitrogens with zero attached hydrogens (tertiary/aromatic N) is 3. The fourth-order valence-corrected chi connectivity index (χ4v) is 5.21. The first-order valence-corrected chi connectivity index (χ1v) is 11.4. The molecule has 7 nitrogen and oxygen atoms in total. The normalized spacial score (nSPS) is 18.1. The van der Waals surface area contributed by atoms with Gasteiger partial charge in [-0.2, -0.15) is 4.99 Å². The SMILES string of the molecule is O=C1N=C(N2CCN(C(=O)c3cc4ccccc4oc3=O)CC2)S/C1=C\c1cccs1. The van der Waals surface area contributed by atoms with Gasteiger partial charge in [-0.15, -0.1) is 11.3 Å². The third kappa shape index (κ3) is 3.94. The van der Waals surface area contributed by atoms with Crippen molar-refractivity contribution in [2.75, 3.05) is 26.2 Å². The van der Waals surface area contributed by atoms with Crippen molar-refractivity contribution < 1.29 is 14.0 Å². The third-order valence-corrected chi connectivity index (χ3v) is 7.00. The summed E-state index contributed by atoms with van der Waals surface area (Å²) in [7, 11) is 0. The van der Waals surface area contributed by atoms with Gasteiger partial charge >= 0.3 is 5.63 Å². The van der Waals surface area contributed by atoms with E-state index in [-0.39, 0.29) is 17.4 Å². The number of piperazine rings is 1. The fraction of sp³-hybridized carbons (Fsp3) is 0.182. The largest absolute Gasteiger partial charge is 0.422 e. The van der Waals surface area contributed by atoms with E-state index in [0.29, 0.717) is 47.2 Å². The summed E-state index contributed by atoms with van der Waals surface area (Å²) in [6.07, 6.45) is 1.85. The Morgan fingerprint density at radius 3 is 2.65 bits per heavy atom. The molecule has 31 heavy (non-hydrogen) atoms. The third-order valence-electron chi connectivity index (χ3n) is 5.13. The van der Waals surface area contributed by atoms with E-state index in [1.807, 2.05) is 34.6 Å². The highest BCUT2D eigenvalue weighted by atomic mass is 32.2. The van der Waals surface area contributed by atoms with Crippen molar-refractivity contribution in [1.82, 2.24) is 9.80 Å². The Morgan fingerprint density at radius 1 is 1.06 bits per heavy atom. The van der Waals surface area contributed by atoms with Crippen LogP contribution in [-0.2, 0) is 4.79 Å². The van der Waals surface area contributed by atoms with E-state index in [1.165, 1.54) is 11.8 Å². The van der Waals surface area contributed by atoms with E-state index in [1.54, 1.807) is 40.5 Å². The van der Waals surface area contributed by atoms with Gasteiger partial charge in [0.05, 0.1) is 4.91 Å². The van der Waals surface area contributed by atoms with Gasteiger partial charge in [-0.25, -0.2) is 4.79 Å². The second kappa shape index (κ2) is 8.16. The lowest BCUT2D eigenvalue weighted by Gasteiger charge is -2.35. The molecule has 0 atom stereocenters. The number of benzene rings is 1. The van der Waals surface area contributed by atoms with Crippen molar-refractivity contribution in [3.05, 3.63) is 73.6 Å². The molecule has 2 aromatic heterocycles. The second-order valence-electron chi connectivity index (χ2n) is 7.09. The quantitative estimate of drug-likeness (QED) is 0.439. The van der Waals surface area contributed by atoms with Crippen LogP contribution in [0, 0.1) is 0 Å². The monoisotopic (exact) mass is 451 g/mol. The van der Waals surface area contributed by atoms with Gasteiger partial charge in [0.25, 0.3) is 11.8 Å². The standard InChI is InChI=1S/C22H17N3O4S2/c26-19-18(13-15-5-3-11-30-15)31-22(23-19)25-9-7-24(8-10-25)20(27)16-12-14-4-1-2-6-17(14)29-21(16)28/h1-6,11-13H,7-10H2/b18-13-. The maximum Gasteiger partial charge on any atom is 0.349 e. The minimum Gasteiger partial charge on any atom is -0.422 e. The summed E-state index contributed by atoms with van der Waals surface area (Å²) in [6, 6.07) is 12.6. The molecule has 0 saturated carbocycles. The fourth-order valence-electron chi connectivity index (χ4n) is 3.52. The molecule has 5 rings (SSSR count). The molecular weight excluding hydrogens is 434 g/mol. The van der Waals surface area contributed by atoms with E-state index in [4.69, 9.17) is 4.42 Å². The number of carbonyl (C=O) groups is 2. The molecule has 1 aromatic carbocycles. The van der Waals surface area contributed by atoms with Crippen LogP contribution in [0.15, 0.2) is 67.0 Å². The van der Waals surface area contributed by atoms with E-state index in [9.17, 15) is 14.4 Å². The van der Waals surface area contributed by atoms with E-state index in [0.717, 1.165) is 4.88 Å². The van der Waals surface area contributed by atoms with Crippen LogP contribution in [0.25, 0.3) is 17.0 Å². The first-order valence-electron chi connectivity index (χ1n) is 9.72. The number of aliphatic imine (C=N–C) groups is 1. The predicted octanol–water partition coefficient (Wildman–Crippen LogP) is 3.28. The number of para-hydroxylation sites is 1. The molecule has 0 unspecified atom stereocenters. The molecule has 4 heterocycles. The molecule has 2 aliphatic rings. The minimum absolute atomic E-state index is 0.0380. The minimum atomic E-state index is -0.629. The molecule has 2 aliphatic heterocycles. The van der Waals surface area contributed by atoms with Crippen LogP contribution in [0.3, 0.4) is 0 Å². The summed E-state index contributed by atoms with van der Waals surface area (Å²) in [5, 5.41) is 3.33. The van der Waals surface area contributed by atoms with E-state index >= 15 is 0 Å². The van der Waals surface area contributed by atoms with Crippen molar-refractivity contribution in [2.24, 2.45) is 4.99 Å². The second-order valence-corrected chi connectivity index (χ2v) is 9.08. The number of thioether (sulfide) groups is 1. The predicted molar refractivity (Wildman–Crippen MR) is 122 cm³/mol. The lowest BCUT2D eigenvalue weighted by Crippen LogP contribution is -2.50. The van der Waals surface area contributed by atoms with Crippen molar-refractivity contribution in [1.29, 1.82) is 0 Å². The van der Waals surface area contributed by atoms with Crippen molar-refractivity contribution >= 4 is 57.1 Å². The molecule has 0 spiro atoms. The average molecular weight is 452 g/mol.